The van der Waals surface area contributed by atoms with Gasteiger partial charge in [0.1, 0.15) is 11.6 Å². The number of methoxy groups -OCH3 is 1. The second-order valence-electron chi connectivity index (χ2n) is 7.84. The van der Waals surface area contributed by atoms with Crippen molar-refractivity contribution < 1.29 is 9.53 Å². The van der Waals surface area contributed by atoms with Crippen molar-refractivity contribution in [1.82, 2.24) is 20.5 Å². The molecule has 2 aromatic rings. The number of anilines is 1. The van der Waals surface area contributed by atoms with Crippen LogP contribution in [-0.2, 0) is 4.79 Å². The second kappa shape index (κ2) is 12.0. The Morgan fingerprint density at radius 3 is 2.66 bits per heavy atom. The van der Waals surface area contributed by atoms with Crippen LogP contribution in [0.2, 0.25) is 0 Å². The van der Waals surface area contributed by atoms with Gasteiger partial charge in [0.15, 0.2) is 5.96 Å². The van der Waals surface area contributed by atoms with Crippen LogP contribution in [0, 0.1) is 6.92 Å². The second-order valence-corrected chi connectivity index (χ2v) is 7.84. The molecule has 3 rings (SSSR count). The van der Waals surface area contributed by atoms with E-state index in [0.29, 0.717) is 31.3 Å². The summed E-state index contributed by atoms with van der Waals surface area (Å²) in [6.07, 6.45) is 2.74. The number of aryl methyl sites for hydroxylation is 1. The molecule has 0 bridgehead atoms. The summed E-state index contributed by atoms with van der Waals surface area (Å²) < 4.78 is 5.62. The van der Waals surface area contributed by atoms with Crippen LogP contribution in [0.15, 0.2) is 47.5 Å². The van der Waals surface area contributed by atoms with Crippen molar-refractivity contribution in [3.63, 3.8) is 0 Å². The molecule has 2 heterocycles. The predicted octanol–water partition coefficient (Wildman–Crippen LogP) is 2.73. The number of pyridine rings is 1. The fourth-order valence-corrected chi connectivity index (χ4v) is 3.96. The summed E-state index contributed by atoms with van der Waals surface area (Å²) in [5.41, 5.74) is 2.04. The molecule has 0 aliphatic carbocycles. The summed E-state index contributed by atoms with van der Waals surface area (Å²) in [6.45, 7) is 5.21. The number of aromatic nitrogens is 1. The van der Waals surface area contributed by atoms with E-state index in [1.807, 2.05) is 31.2 Å². The van der Waals surface area contributed by atoms with Crippen molar-refractivity contribution >= 4 is 17.7 Å². The average Bonchev–Trinajstić information content (AvgIpc) is 3.33. The maximum Gasteiger partial charge on any atom is 0.227 e. The molecule has 32 heavy (non-hydrogen) atoms. The van der Waals surface area contributed by atoms with E-state index in [9.17, 15) is 4.79 Å². The standard InChI is InChI=1S/C24H34N6O2/c1-18-9-8-12-22(28-18)29-23(31)13-14-26-24(25-2)27-17-20(30-15-6-7-16-30)19-10-4-5-11-21(19)32-3/h4-5,8-12,20H,6-7,13-17H2,1-3H3,(H2,25,26,27)(H,28,29,31). The number of benzene rings is 1. The molecule has 1 atom stereocenters. The van der Waals surface area contributed by atoms with Gasteiger partial charge in [0.05, 0.1) is 13.2 Å². The third-order valence-electron chi connectivity index (χ3n) is 5.57. The predicted molar refractivity (Wildman–Crippen MR) is 128 cm³/mol. The van der Waals surface area contributed by atoms with Gasteiger partial charge in [0.2, 0.25) is 5.91 Å². The van der Waals surface area contributed by atoms with Crippen LogP contribution in [0.3, 0.4) is 0 Å². The summed E-state index contributed by atoms with van der Waals surface area (Å²) in [5, 5.41) is 9.48. The van der Waals surface area contributed by atoms with Crippen LogP contribution in [0.1, 0.15) is 36.6 Å². The summed E-state index contributed by atoms with van der Waals surface area (Å²) in [6, 6.07) is 13.9. The first-order chi connectivity index (χ1) is 15.6. The SMILES string of the molecule is CN=C(NCCC(=O)Nc1cccc(C)n1)NCC(c1ccccc1OC)N1CCCC1. The zero-order valence-electron chi connectivity index (χ0n) is 19.2. The molecule has 0 spiro atoms. The largest absolute Gasteiger partial charge is 0.496 e. The van der Waals surface area contributed by atoms with Gasteiger partial charge in [-0.25, -0.2) is 4.98 Å². The molecule has 1 amide bonds. The Hall–Kier alpha value is -3.13. The lowest BCUT2D eigenvalue weighted by molar-refractivity contribution is -0.116. The van der Waals surface area contributed by atoms with Gasteiger partial charge in [-0.2, -0.15) is 0 Å². The van der Waals surface area contributed by atoms with Crippen molar-refractivity contribution in [2.24, 2.45) is 4.99 Å². The number of nitrogens with zero attached hydrogens (tertiary/aromatic N) is 3. The van der Waals surface area contributed by atoms with Crippen LogP contribution >= 0.6 is 0 Å². The first kappa shape index (κ1) is 23.5. The highest BCUT2D eigenvalue weighted by molar-refractivity contribution is 5.90. The minimum Gasteiger partial charge on any atom is -0.496 e. The molecule has 1 saturated heterocycles. The van der Waals surface area contributed by atoms with Gasteiger partial charge in [-0.1, -0.05) is 24.3 Å². The molecule has 1 fully saturated rings. The Kier molecular flexibility index (Phi) is 8.86. The highest BCUT2D eigenvalue weighted by Gasteiger charge is 2.26. The summed E-state index contributed by atoms with van der Waals surface area (Å²) in [4.78, 5) is 23.3. The van der Waals surface area contributed by atoms with Gasteiger partial charge in [-0.15, -0.1) is 0 Å². The van der Waals surface area contributed by atoms with Crippen molar-refractivity contribution in [3.05, 3.63) is 53.7 Å². The Morgan fingerprint density at radius 1 is 1.16 bits per heavy atom. The van der Waals surface area contributed by atoms with Crippen LogP contribution in [0.4, 0.5) is 5.82 Å². The number of ether oxygens (including phenoxy) is 1. The maximum atomic E-state index is 12.2. The van der Waals surface area contributed by atoms with Crippen molar-refractivity contribution in [2.45, 2.75) is 32.2 Å². The highest BCUT2D eigenvalue weighted by atomic mass is 16.5. The van der Waals surface area contributed by atoms with Crippen molar-refractivity contribution in [3.8, 4) is 5.75 Å². The first-order valence-corrected chi connectivity index (χ1v) is 11.2. The Morgan fingerprint density at radius 2 is 1.94 bits per heavy atom. The lowest BCUT2D eigenvalue weighted by atomic mass is 10.0. The van der Waals surface area contributed by atoms with Gasteiger partial charge in [0.25, 0.3) is 0 Å². The third kappa shape index (κ3) is 6.68. The first-order valence-electron chi connectivity index (χ1n) is 11.2. The van der Waals surface area contributed by atoms with Crippen LogP contribution < -0.4 is 20.7 Å². The summed E-state index contributed by atoms with van der Waals surface area (Å²) in [5.74, 6) is 2.05. The number of carbonyl (C=O) groups excluding carboxylic acids is 1. The van der Waals surface area contributed by atoms with E-state index in [2.05, 4.69) is 43.0 Å². The zero-order valence-corrected chi connectivity index (χ0v) is 19.2. The number of amides is 1. The number of para-hydroxylation sites is 1. The summed E-state index contributed by atoms with van der Waals surface area (Å²) in [7, 11) is 3.45. The smallest absolute Gasteiger partial charge is 0.227 e. The van der Waals surface area contributed by atoms with E-state index in [-0.39, 0.29) is 11.9 Å². The number of hydrogen-bond acceptors (Lipinski definition) is 5. The van der Waals surface area contributed by atoms with Crippen LogP contribution in [0.25, 0.3) is 0 Å². The number of rotatable bonds is 9. The number of nitrogens with one attached hydrogen (secondary N) is 3. The van der Waals surface area contributed by atoms with Gasteiger partial charge < -0.3 is 20.7 Å². The van der Waals surface area contributed by atoms with E-state index < -0.39 is 0 Å². The number of likely N-dealkylation sites (tertiary alicyclic amines) is 1. The maximum absolute atomic E-state index is 12.2. The average molecular weight is 439 g/mol. The normalized spacial score (nSPS) is 15.3. The molecule has 8 nitrogen and oxygen atoms in total. The highest BCUT2D eigenvalue weighted by Crippen LogP contribution is 2.31. The van der Waals surface area contributed by atoms with Crippen molar-refractivity contribution in [1.29, 1.82) is 0 Å². The Bertz CT molecular complexity index is 911. The molecule has 1 aliphatic heterocycles. The van der Waals surface area contributed by atoms with E-state index in [1.54, 1.807) is 20.2 Å². The molecular weight excluding hydrogens is 404 g/mol. The monoisotopic (exact) mass is 438 g/mol. The number of guanidine groups is 1. The third-order valence-corrected chi connectivity index (χ3v) is 5.57. The molecule has 1 unspecified atom stereocenters. The minimum absolute atomic E-state index is 0.0879. The molecule has 1 aromatic carbocycles. The van der Waals surface area contributed by atoms with E-state index in [0.717, 1.165) is 24.5 Å². The number of aliphatic imine (C=N–C) groups is 1. The van der Waals surface area contributed by atoms with Gasteiger partial charge >= 0.3 is 0 Å². The molecule has 0 saturated carbocycles. The lowest BCUT2D eigenvalue weighted by Gasteiger charge is -2.30. The lowest BCUT2D eigenvalue weighted by Crippen LogP contribution is -2.43. The zero-order chi connectivity index (χ0) is 22.8. The Balaban J connectivity index is 1.52. The molecule has 8 heteroatoms. The van der Waals surface area contributed by atoms with Crippen LogP contribution in [-0.4, -0.2) is 62.1 Å². The topological polar surface area (TPSA) is 90.9 Å². The quantitative estimate of drug-likeness (QED) is 0.412. The molecule has 172 valence electrons. The molecular formula is C24H34N6O2. The van der Waals surface area contributed by atoms with E-state index >= 15 is 0 Å². The Labute approximate surface area is 190 Å². The van der Waals surface area contributed by atoms with E-state index in [4.69, 9.17) is 4.74 Å². The van der Waals surface area contributed by atoms with Crippen LogP contribution in [0.5, 0.6) is 5.75 Å². The molecule has 1 aromatic heterocycles. The van der Waals surface area contributed by atoms with E-state index in [1.165, 1.54) is 18.4 Å². The van der Waals surface area contributed by atoms with Gasteiger partial charge in [-0.3, -0.25) is 14.7 Å². The molecule has 1 aliphatic rings. The molecule has 3 N–H and O–H groups in total. The minimum atomic E-state index is -0.0879. The van der Waals surface area contributed by atoms with Crippen molar-refractivity contribution in [2.75, 3.05) is 45.7 Å². The summed E-state index contributed by atoms with van der Waals surface area (Å²) >= 11 is 0. The number of carbonyl (C=O) groups is 1. The molecule has 0 radical (unpaired) electrons. The van der Waals surface area contributed by atoms with Gasteiger partial charge in [-0.05, 0) is 51.1 Å². The fourth-order valence-electron chi connectivity index (χ4n) is 3.96. The number of hydrogen-bond donors (Lipinski definition) is 3. The fraction of sp³-hybridized carbons (Fsp3) is 0.458. The van der Waals surface area contributed by atoms with Gasteiger partial charge in [0, 0.05) is 37.8 Å².